The Morgan fingerprint density at radius 2 is 1.82 bits per heavy atom. The molecule has 0 saturated carbocycles. The first-order chi connectivity index (χ1) is 7.43. The number of carboxylic acids is 1. The smallest absolute Gasteiger partial charge is 0.480 e. The molecule has 4 nitrogen and oxygen atoms in total. The molecule has 0 bridgehead atoms. The van der Waals surface area contributed by atoms with Gasteiger partial charge in [-0.05, 0) is 19.3 Å². The number of nitrogens with one attached hydrogen (secondary N) is 2. The molecule has 9 heteroatoms. The van der Waals surface area contributed by atoms with E-state index in [1.807, 2.05) is 0 Å². The Balaban J connectivity index is 0. The Morgan fingerprint density at radius 1 is 1.24 bits per heavy atom. The molecule has 0 aliphatic heterocycles. The molecular formula is C8H14N2O2S4Zn+2. The number of carbonyl (C=O) groups is 1. The van der Waals surface area contributed by atoms with E-state index >= 15 is 0 Å². The van der Waals surface area contributed by atoms with Crippen molar-refractivity contribution in [1.82, 2.24) is 10.6 Å². The van der Waals surface area contributed by atoms with E-state index in [1.165, 1.54) is 0 Å². The zero-order valence-electron chi connectivity index (χ0n) is 9.18. The van der Waals surface area contributed by atoms with E-state index in [-0.39, 0.29) is 23.8 Å². The van der Waals surface area contributed by atoms with Gasteiger partial charge in [0.15, 0.2) is 0 Å². The molecule has 0 aromatic heterocycles. The summed E-state index contributed by atoms with van der Waals surface area (Å²) in [5.74, 6) is -0.922. The van der Waals surface area contributed by atoms with Gasteiger partial charge in [-0.2, -0.15) is 0 Å². The molecule has 0 amide bonds. The summed E-state index contributed by atoms with van der Waals surface area (Å²) in [4.78, 5) is 10.8. The van der Waals surface area contributed by atoms with Crippen LogP contribution < -0.4 is 10.6 Å². The fourth-order valence-corrected chi connectivity index (χ4v) is 1.59. The molecule has 0 rings (SSSR count). The second-order valence-corrected chi connectivity index (χ2v) is 5.38. The molecule has 17 heavy (non-hydrogen) atoms. The first-order valence-electron chi connectivity index (χ1n) is 4.62. The third-order valence-electron chi connectivity index (χ3n) is 1.79. The number of thiocarbonyl (C=S) groups is 2. The van der Waals surface area contributed by atoms with Gasteiger partial charge in [0, 0.05) is 6.54 Å². The van der Waals surface area contributed by atoms with Crippen LogP contribution in [-0.4, -0.2) is 32.3 Å². The van der Waals surface area contributed by atoms with Crippen LogP contribution in [0.4, 0.5) is 0 Å². The van der Waals surface area contributed by atoms with E-state index < -0.39 is 12.0 Å². The molecule has 3 N–H and O–H groups in total. The Kier molecular flexibility index (Phi) is 13.6. The minimum absolute atomic E-state index is 0. The maximum Gasteiger partial charge on any atom is 2.00 e. The summed E-state index contributed by atoms with van der Waals surface area (Å²) in [7, 11) is 0. The Labute approximate surface area is 135 Å². The van der Waals surface area contributed by atoms with Gasteiger partial charge in [0.05, 0.1) is 0 Å². The van der Waals surface area contributed by atoms with Crippen molar-refractivity contribution in [1.29, 1.82) is 0 Å². The van der Waals surface area contributed by atoms with Crippen LogP contribution in [0.5, 0.6) is 0 Å². The molecule has 0 radical (unpaired) electrons. The minimum atomic E-state index is -0.922. The zero-order chi connectivity index (χ0) is 12.6. The molecule has 0 aliphatic rings. The number of carboxylic acid groups (broad SMARTS) is 1. The Hall–Kier alpha value is 0.573. The first-order valence-corrected chi connectivity index (χ1v) is 6.33. The van der Waals surface area contributed by atoms with Gasteiger partial charge in [-0.3, -0.25) is 0 Å². The summed E-state index contributed by atoms with van der Waals surface area (Å²) in [6, 6.07) is -0.673. The third-order valence-corrected chi connectivity index (χ3v) is 2.34. The third kappa shape index (κ3) is 12.8. The molecule has 1 atom stereocenters. The average molecular weight is 364 g/mol. The van der Waals surface area contributed by atoms with Gasteiger partial charge < -0.3 is 15.7 Å². The largest absolute Gasteiger partial charge is 2.00 e. The fourth-order valence-electron chi connectivity index (χ4n) is 1.08. The van der Waals surface area contributed by atoms with Gasteiger partial charge >= 0.3 is 25.4 Å². The van der Waals surface area contributed by atoms with Crippen molar-refractivity contribution in [3.63, 3.8) is 0 Å². The summed E-state index contributed by atoms with van der Waals surface area (Å²) in [6.45, 7) is 0.694. The van der Waals surface area contributed by atoms with Crippen molar-refractivity contribution in [3.05, 3.63) is 0 Å². The standard InChI is InChI=1S/C8H14N2O2S4.Zn/c11-6(12)5(10-8(15)16)3-1-2-4-9-7(13)14;/h5H,1-4H2,(H,11,12)(H2,9,13,14)(H2,10,15,16);/q;+2. The number of hydrogen-bond acceptors (Lipinski definition) is 3. The van der Waals surface area contributed by atoms with E-state index in [1.54, 1.807) is 0 Å². The van der Waals surface area contributed by atoms with E-state index in [2.05, 4.69) is 48.1 Å². The van der Waals surface area contributed by atoms with Gasteiger partial charge in [-0.25, -0.2) is 4.79 Å². The van der Waals surface area contributed by atoms with Crippen LogP contribution in [0.2, 0.25) is 0 Å². The molecule has 0 heterocycles. The van der Waals surface area contributed by atoms with Crippen LogP contribution in [0.15, 0.2) is 0 Å². The maximum atomic E-state index is 10.8. The second-order valence-electron chi connectivity index (χ2n) is 3.07. The van der Waals surface area contributed by atoms with E-state index in [0.717, 1.165) is 12.8 Å². The summed E-state index contributed by atoms with van der Waals surface area (Å²) in [5.41, 5.74) is 0. The van der Waals surface area contributed by atoms with Crippen LogP contribution in [-0.2, 0) is 24.3 Å². The van der Waals surface area contributed by atoms with Crippen molar-refractivity contribution in [2.75, 3.05) is 6.54 Å². The molecule has 92 valence electrons. The molecular weight excluding hydrogens is 350 g/mol. The summed E-state index contributed by atoms with van der Waals surface area (Å²) >= 11 is 17.1. The average Bonchev–Trinajstić information content (AvgIpc) is 2.14. The fraction of sp³-hybridized carbons (Fsp3) is 0.625. The zero-order valence-corrected chi connectivity index (χ0v) is 15.6. The summed E-state index contributed by atoms with van der Waals surface area (Å²) < 4.78 is 0.645. The van der Waals surface area contributed by atoms with E-state index in [4.69, 9.17) is 17.3 Å². The second kappa shape index (κ2) is 11.7. The molecule has 0 aromatic rings. The van der Waals surface area contributed by atoms with Gasteiger partial charge in [0.1, 0.15) is 14.7 Å². The van der Waals surface area contributed by atoms with Gasteiger partial charge in [-0.1, -0.05) is 24.4 Å². The van der Waals surface area contributed by atoms with Gasteiger partial charge in [-0.15, -0.1) is 25.3 Å². The van der Waals surface area contributed by atoms with E-state index in [0.29, 0.717) is 17.3 Å². The van der Waals surface area contributed by atoms with E-state index in [9.17, 15) is 4.79 Å². The molecule has 0 aliphatic carbocycles. The van der Waals surface area contributed by atoms with Crippen molar-refractivity contribution >= 4 is 64.3 Å². The van der Waals surface area contributed by atoms with Crippen molar-refractivity contribution in [2.24, 2.45) is 0 Å². The predicted octanol–water partition coefficient (Wildman–Crippen LogP) is 1.22. The van der Waals surface area contributed by atoms with Crippen LogP contribution >= 0.6 is 49.7 Å². The monoisotopic (exact) mass is 362 g/mol. The predicted molar refractivity (Wildman–Crippen MR) is 79.6 cm³/mol. The maximum absolute atomic E-state index is 10.8. The number of aliphatic carboxylic acids is 1. The molecule has 0 spiro atoms. The van der Waals surface area contributed by atoms with Crippen LogP contribution in [0, 0.1) is 0 Å². The van der Waals surface area contributed by atoms with Crippen LogP contribution in [0.1, 0.15) is 19.3 Å². The Morgan fingerprint density at radius 3 is 2.24 bits per heavy atom. The van der Waals surface area contributed by atoms with Gasteiger partial charge in [0.25, 0.3) is 0 Å². The quantitative estimate of drug-likeness (QED) is 0.203. The molecule has 1 unspecified atom stereocenters. The topological polar surface area (TPSA) is 61.4 Å². The van der Waals surface area contributed by atoms with Crippen LogP contribution in [0.25, 0.3) is 0 Å². The summed E-state index contributed by atoms with van der Waals surface area (Å²) in [5, 5.41) is 14.4. The minimum Gasteiger partial charge on any atom is -0.480 e. The SMILES string of the molecule is O=C(O)C(CCCCNC(=S)S)NC(=S)S.[Zn+2]. The number of thiol groups is 2. The first kappa shape index (κ1) is 19.9. The Bertz CT molecular complexity index is 278. The normalized spacial score (nSPS) is 10.9. The number of unbranched alkanes of at least 4 members (excludes halogenated alkanes) is 1. The molecule has 0 aromatic carbocycles. The molecule has 0 fully saturated rings. The van der Waals surface area contributed by atoms with Crippen molar-refractivity contribution < 1.29 is 29.4 Å². The molecule has 0 saturated heterocycles. The number of hydrogen-bond donors (Lipinski definition) is 5. The van der Waals surface area contributed by atoms with Gasteiger partial charge in [0.2, 0.25) is 0 Å². The number of rotatable bonds is 7. The van der Waals surface area contributed by atoms with Crippen molar-refractivity contribution in [3.8, 4) is 0 Å². The van der Waals surface area contributed by atoms with Crippen LogP contribution in [0.3, 0.4) is 0 Å². The summed E-state index contributed by atoms with van der Waals surface area (Å²) in [6.07, 6.45) is 2.08. The van der Waals surface area contributed by atoms with Crippen molar-refractivity contribution in [2.45, 2.75) is 25.3 Å².